The number of rotatable bonds is 6. The molecule has 0 unspecified atom stereocenters. The van der Waals surface area contributed by atoms with E-state index >= 15 is 0 Å². The molecule has 0 bridgehead atoms. The fraction of sp³-hybridized carbons (Fsp3) is 0.727. The van der Waals surface area contributed by atoms with E-state index in [9.17, 15) is 4.79 Å². The summed E-state index contributed by atoms with van der Waals surface area (Å²) in [7, 11) is 5.72. The molecular formula is C11H21N4O2S+. The van der Waals surface area contributed by atoms with Gasteiger partial charge in [0.2, 0.25) is 5.91 Å². The second-order valence-corrected chi connectivity index (χ2v) is 5.61. The Hall–Kier alpha value is -1.08. The third-order valence-corrected chi connectivity index (χ3v) is 3.65. The van der Waals surface area contributed by atoms with Gasteiger partial charge in [-0.15, -0.1) is 10.2 Å². The zero-order chi connectivity index (χ0) is 13.7. The molecule has 1 amide bonds. The zero-order valence-electron chi connectivity index (χ0n) is 11.5. The Bertz CT molecular complexity index is 394. The van der Waals surface area contributed by atoms with Crippen LogP contribution >= 0.6 is 11.8 Å². The van der Waals surface area contributed by atoms with Crippen LogP contribution in [0, 0.1) is 0 Å². The van der Waals surface area contributed by atoms with Crippen molar-refractivity contribution in [1.82, 2.24) is 15.5 Å². The van der Waals surface area contributed by atoms with Crippen molar-refractivity contribution in [2.24, 2.45) is 0 Å². The molecule has 6 nitrogen and oxygen atoms in total. The van der Waals surface area contributed by atoms with Crippen LogP contribution in [0.4, 0.5) is 0 Å². The summed E-state index contributed by atoms with van der Waals surface area (Å²) in [5.74, 6) is 0.578. The van der Waals surface area contributed by atoms with Crippen molar-refractivity contribution in [2.75, 3.05) is 21.1 Å². The molecule has 0 saturated carbocycles. The summed E-state index contributed by atoms with van der Waals surface area (Å²) in [6.07, 6.45) is 0.930. The maximum Gasteiger partial charge on any atom is 0.277 e. The fourth-order valence-electron chi connectivity index (χ4n) is 1.65. The highest BCUT2D eigenvalue weighted by Gasteiger charge is 2.24. The molecule has 2 N–H and O–H groups in total. The van der Waals surface area contributed by atoms with Gasteiger partial charge in [0.1, 0.15) is 0 Å². The average Bonchev–Trinajstić information content (AvgIpc) is 2.76. The van der Waals surface area contributed by atoms with Crippen molar-refractivity contribution >= 4 is 17.7 Å². The molecule has 0 spiro atoms. The van der Waals surface area contributed by atoms with Gasteiger partial charge in [-0.2, -0.15) is 0 Å². The summed E-state index contributed by atoms with van der Waals surface area (Å²) in [5.41, 5.74) is 0. The quantitative estimate of drug-likeness (QED) is 0.708. The molecule has 0 aromatic carbocycles. The van der Waals surface area contributed by atoms with Gasteiger partial charge in [-0.25, -0.2) is 0 Å². The Morgan fingerprint density at radius 2 is 2.17 bits per heavy atom. The number of hydrogen-bond acceptors (Lipinski definition) is 5. The van der Waals surface area contributed by atoms with Gasteiger partial charge in [-0.1, -0.05) is 18.7 Å². The maximum absolute atomic E-state index is 11.4. The molecule has 2 atom stereocenters. The minimum atomic E-state index is -0.241. The van der Waals surface area contributed by atoms with Gasteiger partial charge >= 0.3 is 0 Å². The maximum atomic E-state index is 11.4. The summed E-state index contributed by atoms with van der Waals surface area (Å²) in [4.78, 5) is 12.6. The van der Waals surface area contributed by atoms with Crippen LogP contribution in [0.5, 0.6) is 0 Å². The molecule has 7 heteroatoms. The Morgan fingerprint density at radius 1 is 1.50 bits per heavy atom. The third-order valence-electron chi connectivity index (χ3n) is 2.72. The minimum absolute atomic E-state index is 0.0509. The van der Waals surface area contributed by atoms with Crippen molar-refractivity contribution in [3.8, 4) is 0 Å². The highest BCUT2D eigenvalue weighted by molar-refractivity contribution is 8.00. The van der Waals surface area contributed by atoms with Crippen LogP contribution in [-0.2, 0) is 4.79 Å². The van der Waals surface area contributed by atoms with Crippen molar-refractivity contribution in [1.29, 1.82) is 0 Å². The van der Waals surface area contributed by atoms with E-state index < -0.39 is 0 Å². The monoisotopic (exact) mass is 273 g/mol. The van der Waals surface area contributed by atoms with E-state index in [1.54, 1.807) is 7.05 Å². The molecule has 1 rings (SSSR count). The summed E-state index contributed by atoms with van der Waals surface area (Å²) in [6.45, 7) is 3.89. The summed E-state index contributed by atoms with van der Waals surface area (Å²) >= 11 is 1.28. The number of aromatic nitrogens is 2. The molecule has 1 aromatic heterocycles. The lowest BCUT2D eigenvalue weighted by atomic mass is 10.2. The Balaban J connectivity index is 2.71. The van der Waals surface area contributed by atoms with Gasteiger partial charge in [-0.05, 0) is 6.92 Å². The molecule has 1 aromatic rings. The molecule has 102 valence electrons. The highest BCUT2D eigenvalue weighted by Crippen LogP contribution is 2.23. The normalized spacial score (nSPS) is 14.6. The number of quaternary nitrogens is 1. The van der Waals surface area contributed by atoms with Crippen molar-refractivity contribution in [2.45, 2.75) is 36.8 Å². The lowest BCUT2D eigenvalue weighted by molar-refractivity contribution is -0.894. The lowest BCUT2D eigenvalue weighted by Gasteiger charge is -2.15. The van der Waals surface area contributed by atoms with Crippen LogP contribution in [0.2, 0.25) is 0 Å². The molecule has 1 heterocycles. The lowest BCUT2D eigenvalue weighted by Crippen LogP contribution is -3.06. The highest BCUT2D eigenvalue weighted by atomic mass is 32.2. The fourth-order valence-corrected chi connectivity index (χ4v) is 2.40. The van der Waals surface area contributed by atoms with Crippen molar-refractivity contribution in [3.05, 3.63) is 5.89 Å². The summed E-state index contributed by atoms with van der Waals surface area (Å²) < 4.78 is 5.60. The van der Waals surface area contributed by atoms with Crippen LogP contribution in [-0.4, -0.2) is 42.5 Å². The van der Waals surface area contributed by atoms with Crippen molar-refractivity contribution < 1.29 is 14.1 Å². The molecule has 0 radical (unpaired) electrons. The first-order valence-corrected chi connectivity index (χ1v) is 6.89. The van der Waals surface area contributed by atoms with E-state index in [2.05, 4.69) is 36.5 Å². The Morgan fingerprint density at radius 3 is 2.67 bits per heavy atom. The molecule has 0 fully saturated rings. The van der Waals surface area contributed by atoms with E-state index in [1.165, 1.54) is 16.7 Å². The number of carbonyl (C=O) groups excluding carboxylic acids is 1. The minimum Gasteiger partial charge on any atom is -0.410 e. The second-order valence-electron chi connectivity index (χ2n) is 4.32. The number of nitrogens with zero attached hydrogens (tertiary/aromatic N) is 2. The van der Waals surface area contributed by atoms with E-state index in [1.807, 2.05) is 6.92 Å². The van der Waals surface area contributed by atoms with E-state index in [0.29, 0.717) is 11.1 Å². The molecule has 0 aliphatic rings. The zero-order valence-corrected chi connectivity index (χ0v) is 12.3. The molecule has 0 aliphatic heterocycles. The second kappa shape index (κ2) is 6.75. The van der Waals surface area contributed by atoms with Crippen LogP contribution < -0.4 is 10.2 Å². The predicted molar refractivity (Wildman–Crippen MR) is 69.5 cm³/mol. The largest absolute Gasteiger partial charge is 0.410 e. The first-order chi connectivity index (χ1) is 8.49. The van der Waals surface area contributed by atoms with Gasteiger partial charge in [-0.3, -0.25) is 4.79 Å². The number of thioether (sulfide) groups is 1. The van der Waals surface area contributed by atoms with Crippen LogP contribution in [0.3, 0.4) is 0 Å². The van der Waals surface area contributed by atoms with E-state index in [0.717, 1.165) is 6.42 Å². The van der Waals surface area contributed by atoms with E-state index in [4.69, 9.17) is 4.42 Å². The number of carbonyl (C=O) groups is 1. The van der Waals surface area contributed by atoms with Crippen LogP contribution in [0.15, 0.2) is 9.64 Å². The van der Waals surface area contributed by atoms with Gasteiger partial charge in [0.15, 0.2) is 6.04 Å². The van der Waals surface area contributed by atoms with Crippen molar-refractivity contribution in [3.63, 3.8) is 0 Å². The van der Waals surface area contributed by atoms with E-state index in [-0.39, 0.29) is 17.2 Å². The third kappa shape index (κ3) is 3.71. The first-order valence-electron chi connectivity index (χ1n) is 6.01. The van der Waals surface area contributed by atoms with Crippen LogP contribution in [0.1, 0.15) is 32.2 Å². The Labute approximate surface area is 112 Å². The van der Waals surface area contributed by atoms with Gasteiger partial charge in [0.25, 0.3) is 11.1 Å². The van der Waals surface area contributed by atoms with Gasteiger partial charge in [0, 0.05) is 13.5 Å². The molecular weight excluding hydrogens is 252 g/mol. The first kappa shape index (κ1) is 15.0. The van der Waals surface area contributed by atoms with Gasteiger partial charge in [0.05, 0.1) is 19.3 Å². The summed E-state index contributed by atoms with van der Waals surface area (Å²) in [6, 6.07) is 0.196. The summed E-state index contributed by atoms with van der Waals surface area (Å²) in [5, 5.41) is 10.8. The average molecular weight is 273 g/mol. The molecule has 18 heavy (non-hydrogen) atoms. The smallest absolute Gasteiger partial charge is 0.277 e. The molecule has 0 saturated heterocycles. The number of nitrogens with one attached hydrogen (secondary N) is 2. The van der Waals surface area contributed by atoms with Crippen LogP contribution in [0.25, 0.3) is 0 Å². The topological polar surface area (TPSA) is 72.5 Å². The number of amides is 1. The standard InChI is InChI=1S/C11H20N4O2S/c1-6-8(15(4)5)10-13-14-11(17-10)18-7(2)9(16)12-3/h7-8H,6H2,1-5H3,(H,12,16)/p+1/t7-,8-/m1/s1. The van der Waals surface area contributed by atoms with Gasteiger partial charge < -0.3 is 14.6 Å². The number of hydrogen-bond donors (Lipinski definition) is 2. The molecule has 0 aliphatic carbocycles. The Kier molecular flexibility index (Phi) is 5.61. The predicted octanol–water partition coefficient (Wildman–Crippen LogP) is -0.108. The SMILES string of the molecule is CC[C@H](c1nnc(S[C@H](C)C(=O)NC)o1)[NH+](C)C.